The number of nitrogens with two attached hydrogens (primary N) is 1. The van der Waals surface area contributed by atoms with Crippen molar-refractivity contribution < 1.29 is 37.6 Å². The van der Waals surface area contributed by atoms with E-state index >= 15 is 0 Å². The molecule has 0 saturated heterocycles. The van der Waals surface area contributed by atoms with Gasteiger partial charge in [0.2, 0.25) is 11.6 Å². The van der Waals surface area contributed by atoms with Crippen molar-refractivity contribution in [3.05, 3.63) is 105 Å². The van der Waals surface area contributed by atoms with E-state index in [1.165, 1.54) is 0 Å². The van der Waals surface area contributed by atoms with Gasteiger partial charge in [0.15, 0.2) is 0 Å². The summed E-state index contributed by atoms with van der Waals surface area (Å²) in [7, 11) is 0. The number of nitriles is 2. The predicted molar refractivity (Wildman–Crippen MR) is 218 cm³/mol. The summed E-state index contributed by atoms with van der Waals surface area (Å²) in [6, 6.07) is 23.1. The van der Waals surface area contributed by atoms with Crippen molar-refractivity contribution in [2.45, 2.75) is 72.0 Å². The Morgan fingerprint density at radius 1 is 0.700 bits per heavy atom. The fourth-order valence-electron chi connectivity index (χ4n) is 5.66. The highest BCUT2D eigenvalue weighted by atomic mass is 35.5. The van der Waals surface area contributed by atoms with Crippen molar-refractivity contribution in [3.63, 3.8) is 0 Å². The highest BCUT2D eigenvalue weighted by Crippen LogP contribution is 2.33. The minimum absolute atomic E-state index is 0.00987. The number of hydrogen-bond acceptors (Lipinski definition) is 15. The lowest BCUT2D eigenvalue weighted by Crippen LogP contribution is -2.32. The van der Waals surface area contributed by atoms with E-state index in [1.807, 2.05) is 27.7 Å². The van der Waals surface area contributed by atoms with Crippen molar-refractivity contribution >= 4 is 35.1 Å². The van der Waals surface area contributed by atoms with E-state index < -0.39 is 18.0 Å². The zero-order valence-corrected chi connectivity index (χ0v) is 34.3. The van der Waals surface area contributed by atoms with Gasteiger partial charge in [-0.3, -0.25) is 9.59 Å². The van der Waals surface area contributed by atoms with Gasteiger partial charge in [0.05, 0.1) is 33.4 Å². The summed E-state index contributed by atoms with van der Waals surface area (Å²) in [6.45, 7) is 7.27. The highest BCUT2D eigenvalue weighted by molar-refractivity contribution is 6.33. The molecule has 0 amide bonds. The normalized spacial score (nSPS) is 11.5. The number of ether oxygens (including phenoxy) is 4. The van der Waals surface area contributed by atoms with Gasteiger partial charge in [-0.15, -0.1) is 0 Å². The maximum absolute atomic E-state index is 12.6. The molecule has 2 heterocycles. The molecule has 0 radical (unpaired) electrons. The summed E-state index contributed by atoms with van der Waals surface area (Å²) >= 11 is 13.1. The van der Waals surface area contributed by atoms with Gasteiger partial charge in [-0.2, -0.15) is 20.5 Å². The first-order valence-corrected chi connectivity index (χ1v) is 19.3. The molecule has 4 aromatic carbocycles. The number of nitrogens with zero attached hydrogens (tertiary/aromatic N) is 6. The van der Waals surface area contributed by atoms with E-state index in [-0.39, 0.29) is 66.7 Å². The third kappa shape index (κ3) is 10.6. The smallest absolute Gasteiger partial charge is 0.323 e. The van der Waals surface area contributed by atoms with Crippen LogP contribution in [0.4, 0.5) is 0 Å². The molecule has 2 aromatic heterocycles. The molecule has 306 valence electrons. The second-order valence-corrected chi connectivity index (χ2v) is 14.7. The SMILES string of the molecule is CC(C)Oc1ccc(-c2nc(-c3ccc(COC(=O)CC[C@H](N)C(=O)OCc4ccc(-c5noc(-c6ccc(OC(C)C)c(C#N)c6)n5)c(Cl)c4)cc3Cl)no2)cc1C#N. The van der Waals surface area contributed by atoms with Crippen LogP contribution in [0, 0.1) is 22.7 Å². The highest BCUT2D eigenvalue weighted by Gasteiger charge is 2.21. The molecule has 2 N–H and O–H groups in total. The van der Waals surface area contributed by atoms with Gasteiger partial charge in [-0.1, -0.05) is 45.6 Å². The molecule has 0 saturated carbocycles. The van der Waals surface area contributed by atoms with Crippen molar-refractivity contribution in [1.82, 2.24) is 20.3 Å². The van der Waals surface area contributed by atoms with Crippen LogP contribution >= 0.6 is 23.2 Å². The van der Waals surface area contributed by atoms with E-state index in [0.717, 1.165) is 0 Å². The lowest BCUT2D eigenvalue weighted by molar-refractivity contribution is -0.148. The van der Waals surface area contributed by atoms with Crippen LogP contribution in [0.2, 0.25) is 10.0 Å². The summed E-state index contributed by atoms with van der Waals surface area (Å²) in [5.41, 5.74) is 9.89. The Morgan fingerprint density at radius 2 is 1.17 bits per heavy atom. The number of benzene rings is 4. The number of hydrogen-bond donors (Lipinski definition) is 1. The van der Waals surface area contributed by atoms with Gasteiger partial charge in [-0.25, -0.2) is 0 Å². The first-order chi connectivity index (χ1) is 28.8. The second-order valence-electron chi connectivity index (χ2n) is 13.9. The lowest BCUT2D eigenvalue weighted by Gasteiger charge is -2.12. The number of halogens is 2. The summed E-state index contributed by atoms with van der Waals surface area (Å²) in [5, 5.41) is 27.8. The number of carbonyl (C=O) groups is 2. The largest absolute Gasteiger partial charge is 0.490 e. The van der Waals surface area contributed by atoms with Gasteiger partial charge in [0, 0.05) is 28.7 Å². The number of aromatic nitrogens is 4. The third-order valence-electron chi connectivity index (χ3n) is 8.56. The molecule has 6 aromatic rings. The van der Waals surface area contributed by atoms with Gasteiger partial charge in [0.25, 0.3) is 11.8 Å². The Morgan fingerprint density at radius 3 is 1.60 bits per heavy atom. The minimum Gasteiger partial charge on any atom is -0.490 e. The quantitative estimate of drug-likeness (QED) is 0.0900. The molecule has 15 nitrogen and oxygen atoms in total. The molecular formula is C43H37Cl2N7O8. The van der Waals surface area contributed by atoms with Crippen LogP contribution in [0.3, 0.4) is 0 Å². The van der Waals surface area contributed by atoms with E-state index in [4.69, 9.17) is 56.9 Å². The Kier molecular flexibility index (Phi) is 13.8. The van der Waals surface area contributed by atoms with Crippen LogP contribution in [0.25, 0.3) is 45.7 Å². The molecule has 0 aliphatic heterocycles. The van der Waals surface area contributed by atoms with Gasteiger partial charge < -0.3 is 33.7 Å². The monoisotopic (exact) mass is 849 g/mol. The number of carbonyl (C=O) groups excluding carboxylic acids is 2. The van der Waals surface area contributed by atoms with E-state index in [9.17, 15) is 20.1 Å². The van der Waals surface area contributed by atoms with Crippen LogP contribution in [-0.2, 0) is 32.3 Å². The molecule has 0 unspecified atom stereocenters. The molecule has 17 heteroatoms. The molecule has 1 atom stereocenters. The maximum atomic E-state index is 12.6. The van der Waals surface area contributed by atoms with Gasteiger partial charge >= 0.3 is 11.9 Å². The van der Waals surface area contributed by atoms with Crippen LogP contribution in [-0.4, -0.2) is 50.5 Å². The first-order valence-electron chi connectivity index (χ1n) is 18.6. The second kappa shape index (κ2) is 19.3. The molecular weight excluding hydrogens is 813 g/mol. The van der Waals surface area contributed by atoms with E-state index in [0.29, 0.717) is 61.0 Å². The summed E-state index contributed by atoms with van der Waals surface area (Å²) in [4.78, 5) is 34.0. The zero-order valence-electron chi connectivity index (χ0n) is 32.8. The molecule has 60 heavy (non-hydrogen) atoms. The fraction of sp³-hybridized carbons (Fsp3) is 0.256. The molecule has 0 aliphatic carbocycles. The first kappa shape index (κ1) is 42.8. The Labute approximate surface area is 354 Å². The van der Waals surface area contributed by atoms with Crippen LogP contribution in [0.1, 0.15) is 62.8 Å². The molecule has 0 bridgehead atoms. The minimum atomic E-state index is -1.08. The Balaban J connectivity index is 0.957. The van der Waals surface area contributed by atoms with E-state index in [1.54, 1.807) is 72.8 Å². The lowest BCUT2D eigenvalue weighted by atomic mass is 10.1. The van der Waals surface area contributed by atoms with Crippen molar-refractivity contribution in [3.8, 4) is 69.3 Å². The molecule has 0 spiro atoms. The number of rotatable bonds is 16. The fourth-order valence-corrected chi connectivity index (χ4v) is 6.24. The zero-order chi connectivity index (χ0) is 42.9. The molecule has 0 fully saturated rings. The van der Waals surface area contributed by atoms with Crippen LogP contribution in [0.15, 0.2) is 81.8 Å². The Hall–Kier alpha value is -6.78. The summed E-state index contributed by atoms with van der Waals surface area (Å²) in [6.07, 6.45) is -0.343. The van der Waals surface area contributed by atoms with Crippen molar-refractivity contribution in [2.75, 3.05) is 0 Å². The summed E-state index contributed by atoms with van der Waals surface area (Å²) in [5.74, 6) is 0.459. The predicted octanol–water partition coefficient (Wildman–Crippen LogP) is 8.64. The number of esters is 2. The topological polar surface area (TPSA) is 222 Å². The van der Waals surface area contributed by atoms with E-state index in [2.05, 4.69) is 32.4 Å². The standard InChI is InChI=1S/C43H37Cl2N7O8/c1-23(2)57-36-12-7-27(17-29(36)19-46)41-49-39(51-59-41)31-9-5-25(15-33(31)44)21-55-38(53)14-11-35(48)43(54)56-22-26-6-10-32(34(45)16-26)40-50-42(60-52-40)28-8-13-37(58-24(3)4)30(18-28)20-47/h5-10,12-13,15-18,23-24,35H,11,14,21-22,48H2,1-4H3/t35-/m0/s1. The molecule has 0 aliphatic rings. The third-order valence-corrected chi connectivity index (χ3v) is 9.19. The average Bonchev–Trinajstić information content (AvgIpc) is 3.92. The van der Waals surface area contributed by atoms with Crippen LogP contribution in [0.5, 0.6) is 11.5 Å². The summed E-state index contributed by atoms with van der Waals surface area (Å²) < 4.78 is 33.0. The average molecular weight is 851 g/mol. The van der Waals surface area contributed by atoms with Crippen LogP contribution < -0.4 is 15.2 Å². The molecule has 6 rings (SSSR count). The van der Waals surface area contributed by atoms with Gasteiger partial charge in [0.1, 0.15) is 42.9 Å². The maximum Gasteiger partial charge on any atom is 0.323 e. The van der Waals surface area contributed by atoms with Crippen molar-refractivity contribution in [2.24, 2.45) is 5.73 Å². The van der Waals surface area contributed by atoms with Crippen molar-refractivity contribution in [1.29, 1.82) is 10.5 Å². The van der Waals surface area contributed by atoms with Gasteiger partial charge in [-0.05, 0) is 106 Å². The Bertz CT molecular complexity index is 2610.